The summed E-state index contributed by atoms with van der Waals surface area (Å²) in [5.41, 5.74) is 2.55. The van der Waals surface area contributed by atoms with E-state index in [1.54, 1.807) is 19.2 Å². The molecule has 3 N–H and O–H groups in total. The number of hydrogen-bond donors (Lipinski definition) is 3. The third-order valence-electron chi connectivity index (χ3n) is 3.67. The Balaban J connectivity index is 2.46. The molecule has 0 radical (unpaired) electrons. The lowest BCUT2D eigenvalue weighted by Gasteiger charge is -2.18. The van der Waals surface area contributed by atoms with Gasteiger partial charge in [-0.15, -0.1) is 0 Å². The van der Waals surface area contributed by atoms with Crippen molar-refractivity contribution >= 4 is 16.6 Å². The second-order valence-electron chi connectivity index (χ2n) is 5.02. The van der Waals surface area contributed by atoms with Gasteiger partial charge in [-0.2, -0.15) is 4.90 Å². The molecule has 0 spiro atoms. The highest BCUT2D eigenvalue weighted by atomic mass is 16.8. The number of rotatable bonds is 4. The maximum absolute atomic E-state index is 11.4. The van der Waals surface area contributed by atoms with Gasteiger partial charge in [-0.25, -0.2) is 0 Å². The van der Waals surface area contributed by atoms with Crippen molar-refractivity contribution in [1.82, 2.24) is 9.89 Å². The van der Waals surface area contributed by atoms with Gasteiger partial charge in [0, 0.05) is 23.5 Å². The van der Waals surface area contributed by atoms with E-state index in [4.69, 9.17) is 9.84 Å². The molecule has 0 bridgehead atoms. The van der Waals surface area contributed by atoms with Crippen LogP contribution >= 0.6 is 0 Å². The molecule has 0 saturated carbocycles. The number of H-pyrrole nitrogens is 1. The van der Waals surface area contributed by atoms with Crippen molar-refractivity contribution in [2.24, 2.45) is 0 Å². The van der Waals surface area contributed by atoms with Crippen molar-refractivity contribution in [3.63, 3.8) is 0 Å². The molecule has 2 aliphatic rings. The lowest BCUT2D eigenvalue weighted by atomic mass is 10.0. The summed E-state index contributed by atoms with van der Waals surface area (Å²) >= 11 is 0. The number of nitrogens with one attached hydrogen (secondary N) is 2. The van der Waals surface area contributed by atoms with Crippen LogP contribution in [0, 0.1) is 10.4 Å². The van der Waals surface area contributed by atoms with E-state index in [1.165, 1.54) is 6.07 Å². The first-order valence-corrected chi connectivity index (χ1v) is 7.10. The second-order valence-corrected chi connectivity index (χ2v) is 5.02. The lowest BCUT2D eigenvalue weighted by Crippen LogP contribution is -2.23. The van der Waals surface area contributed by atoms with Crippen molar-refractivity contribution in [2.75, 3.05) is 25.6 Å². The second kappa shape index (κ2) is 6.05. The van der Waals surface area contributed by atoms with Gasteiger partial charge in [0.05, 0.1) is 30.7 Å². The minimum absolute atomic E-state index is 0.00362. The number of aromatic amines is 1. The summed E-state index contributed by atoms with van der Waals surface area (Å²) in [4.78, 5) is 2.80. The average molecular weight is 314 g/mol. The number of hydrogen-bond acceptors (Lipinski definition) is 5. The number of aliphatic hydroxyl groups excluding tert-OH is 1. The molecule has 7 nitrogen and oxygen atoms in total. The standard InChI is InChI=1S/C16H16N3O4/c1-23-10-5-6-12-11(9-10)16(17-7-8-20)15-13(18-12)3-2-4-14(15)19(21)22/h2-6,9,17-18,20H,7-8H2,1H3/q-1. The molecule has 3 rings (SSSR count). The first-order valence-electron chi connectivity index (χ1n) is 7.10. The Hall–Kier alpha value is -2.93. The molecule has 1 aromatic carbocycles. The number of benzene rings is 2. The first kappa shape index (κ1) is 15.0. The molecular formula is C16H16N3O4-. The fourth-order valence-electron chi connectivity index (χ4n) is 2.67. The zero-order valence-corrected chi connectivity index (χ0v) is 12.5. The van der Waals surface area contributed by atoms with Gasteiger partial charge in [0.15, 0.2) is 0 Å². The highest BCUT2D eigenvalue weighted by Crippen LogP contribution is 2.34. The Morgan fingerprint density at radius 3 is 2.78 bits per heavy atom. The van der Waals surface area contributed by atoms with Crippen LogP contribution in [0.4, 0.5) is 5.69 Å². The van der Waals surface area contributed by atoms with Crippen LogP contribution in [-0.2, 0) is 0 Å². The van der Waals surface area contributed by atoms with E-state index < -0.39 is 4.90 Å². The summed E-state index contributed by atoms with van der Waals surface area (Å²) in [6.07, 6.45) is 0. The quantitative estimate of drug-likeness (QED) is 0.499. The van der Waals surface area contributed by atoms with Crippen molar-refractivity contribution < 1.29 is 9.84 Å². The molecule has 0 aromatic heterocycles. The molecule has 0 atom stereocenters. The zero-order valence-electron chi connectivity index (χ0n) is 12.5. The topological polar surface area (TPSA) is 106 Å². The highest BCUT2D eigenvalue weighted by molar-refractivity contribution is 6.01. The molecule has 0 saturated heterocycles. The van der Waals surface area contributed by atoms with Crippen LogP contribution in [0.2, 0.25) is 0 Å². The predicted octanol–water partition coefficient (Wildman–Crippen LogP) is 1.45. The van der Waals surface area contributed by atoms with Crippen LogP contribution in [0.3, 0.4) is 0 Å². The van der Waals surface area contributed by atoms with E-state index in [-0.39, 0.29) is 18.5 Å². The van der Waals surface area contributed by atoms with Crippen molar-refractivity contribution in [3.8, 4) is 17.0 Å². The van der Waals surface area contributed by atoms with Gasteiger partial charge in [0.25, 0.3) is 0 Å². The summed E-state index contributed by atoms with van der Waals surface area (Å²) in [6, 6.07) is 10.4. The van der Waals surface area contributed by atoms with Crippen molar-refractivity contribution in [3.05, 3.63) is 52.2 Å². The zero-order chi connectivity index (χ0) is 16.4. The Labute approximate surface area is 132 Å². The fraction of sp³-hybridized carbons (Fsp3) is 0.188. The van der Waals surface area contributed by atoms with Gasteiger partial charge in [0.2, 0.25) is 5.36 Å². The number of aromatic nitrogens is 1. The largest absolute Gasteiger partial charge is 0.612 e. The van der Waals surface area contributed by atoms with E-state index in [0.29, 0.717) is 22.7 Å². The maximum Gasteiger partial charge on any atom is 0.234 e. The highest BCUT2D eigenvalue weighted by Gasteiger charge is 2.18. The molecule has 7 heteroatoms. The Morgan fingerprint density at radius 2 is 2.09 bits per heavy atom. The molecule has 120 valence electrons. The van der Waals surface area contributed by atoms with Gasteiger partial charge >= 0.3 is 0 Å². The number of nitrogens with zero attached hydrogens (tertiary/aromatic N) is 1. The fourth-order valence-corrected chi connectivity index (χ4v) is 2.67. The van der Waals surface area contributed by atoms with Gasteiger partial charge in [-0.05, 0) is 24.3 Å². The Morgan fingerprint density at radius 1 is 1.26 bits per heavy atom. The number of anilines is 1. The number of pyridine rings is 1. The molecule has 1 aliphatic heterocycles. The van der Waals surface area contributed by atoms with Crippen LogP contribution in [-0.4, -0.2) is 30.4 Å². The number of fused-ring (bicyclic) bond motifs is 2. The number of aliphatic hydroxyl groups is 1. The summed E-state index contributed by atoms with van der Waals surface area (Å²) in [5.74, 6) is 0.649. The van der Waals surface area contributed by atoms with Gasteiger partial charge < -0.3 is 30.6 Å². The van der Waals surface area contributed by atoms with E-state index in [0.717, 1.165) is 10.9 Å². The molecule has 0 fully saturated rings. The predicted molar refractivity (Wildman–Crippen MR) is 89.1 cm³/mol. The molecule has 1 aliphatic carbocycles. The third-order valence-corrected chi connectivity index (χ3v) is 3.67. The lowest BCUT2D eigenvalue weighted by molar-refractivity contribution is 0.311. The molecular weight excluding hydrogens is 298 g/mol. The van der Waals surface area contributed by atoms with Crippen LogP contribution in [0.5, 0.6) is 5.75 Å². The maximum atomic E-state index is 11.4. The molecule has 23 heavy (non-hydrogen) atoms. The Bertz CT molecular complexity index is 884. The van der Waals surface area contributed by atoms with Crippen LogP contribution in [0.15, 0.2) is 36.4 Å². The van der Waals surface area contributed by atoms with E-state index >= 15 is 0 Å². The average Bonchev–Trinajstić information content (AvgIpc) is 2.57. The minimum Gasteiger partial charge on any atom is -0.612 e. The Kier molecular flexibility index (Phi) is 3.94. The smallest absolute Gasteiger partial charge is 0.234 e. The summed E-state index contributed by atoms with van der Waals surface area (Å²) in [6.45, 7) is 0.212. The van der Waals surface area contributed by atoms with Crippen LogP contribution in [0.1, 0.15) is 0 Å². The molecule has 0 amide bonds. The first-order chi connectivity index (χ1) is 11.2. The van der Waals surface area contributed by atoms with Crippen LogP contribution in [0.25, 0.3) is 22.2 Å². The molecule has 0 unspecified atom stereocenters. The summed E-state index contributed by atoms with van der Waals surface area (Å²) < 4.78 is 5.25. The van der Waals surface area contributed by atoms with Crippen molar-refractivity contribution in [1.29, 1.82) is 0 Å². The monoisotopic (exact) mass is 314 g/mol. The SMILES string of the molecule is COc1ccc2[nH]c3cccc(=[N+]([O-])[O-])c-3c(NCCO)c2c1. The number of methoxy groups -OCH3 is 1. The molecule has 1 aromatic rings. The van der Waals surface area contributed by atoms with E-state index in [2.05, 4.69) is 10.3 Å². The normalized spacial score (nSPS) is 10.9. The number of ether oxygens (including phenoxy) is 1. The van der Waals surface area contributed by atoms with Crippen molar-refractivity contribution in [2.45, 2.75) is 0 Å². The van der Waals surface area contributed by atoms with Gasteiger partial charge in [-0.3, -0.25) is 0 Å². The summed E-state index contributed by atoms with van der Waals surface area (Å²) in [5, 5.41) is 35.8. The van der Waals surface area contributed by atoms with Crippen LogP contribution < -0.4 is 20.3 Å². The minimum atomic E-state index is -0.410. The van der Waals surface area contributed by atoms with E-state index in [9.17, 15) is 10.4 Å². The van der Waals surface area contributed by atoms with E-state index in [1.807, 2.05) is 18.2 Å². The summed E-state index contributed by atoms with van der Waals surface area (Å²) in [7, 11) is 1.56. The molecule has 1 heterocycles. The van der Waals surface area contributed by atoms with Gasteiger partial charge in [0.1, 0.15) is 5.75 Å². The third kappa shape index (κ3) is 2.62. The van der Waals surface area contributed by atoms with Gasteiger partial charge in [-0.1, -0.05) is 6.07 Å².